The molecular weight excluding hydrogens is 211 g/mol. The van der Waals surface area contributed by atoms with Crippen LogP contribution < -0.4 is 5.32 Å². The average molecular weight is 226 g/mol. The number of benzene rings is 1. The van der Waals surface area contributed by atoms with E-state index in [9.17, 15) is 14.5 Å². The summed E-state index contributed by atoms with van der Waals surface area (Å²) in [6.45, 7) is 6.78. The Morgan fingerprint density at radius 2 is 2.06 bits per heavy atom. The molecule has 0 atom stereocenters. The molecule has 16 heavy (non-hydrogen) atoms. The quantitative estimate of drug-likeness (QED) is 0.636. The van der Waals surface area contributed by atoms with Gasteiger partial charge >= 0.3 is 5.69 Å². The summed E-state index contributed by atoms with van der Waals surface area (Å²) in [5, 5.41) is 13.5. The molecule has 5 heteroatoms. The van der Waals surface area contributed by atoms with Gasteiger partial charge in [-0.15, -0.1) is 0 Å². The van der Waals surface area contributed by atoms with Crippen molar-refractivity contribution < 1.29 is 9.31 Å². The number of hydrogen-bond acceptors (Lipinski definition) is 3. The van der Waals surface area contributed by atoms with E-state index in [1.165, 1.54) is 12.1 Å². The highest BCUT2D eigenvalue weighted by atomic mass is 19.1. The molecule has 1 aromatic carbocycles. The first-order valence-electron chi connectivity index (χ1n) is 4.97. The Labute approximate surface area is 93.6 Å². The topological polar surface area (TPSA) is 55.2 Å². The Balaban J connectivity index is 2.83. The van der Waals surface area contributed by atoms with E-state index in [0.29, 0.717) is 12.2 Å². The zero-order valence-electron chi connectivity index (χ0n) is 9.58. The second-order valence-corrected chi connectivity index (χ2v) is 4.84. The van der Waals surface area contributed by atoms with Crippen LogP contribution in [0.3, 0.4) is 0 Å². The Morgan fingerprint density at radius 3 is 2.56 bits per heavy atom. The summed E-state index contributed by atoms with van der Waals surface area (Å²) in [6.07, 6.45) is 0. The molecule has 1 N–H and O–H groups in total. The van der Waals surface area contributed by atoms with Crippen LogP contribution in [0.1, 0.15) is 20.8 Å². The highest BCUT2D eigenvalue weighted by Crippen LogP contribution is 2.23. The number of anilines is 1. The van der Waals surface area contributed by atoms with Crippen molar-refractivity contribution in [3.05, 3.63) is 34.1 Å². The van der Waals surface area contributed by atoms with Crippen LogP contribution in [-0.2, 0) is 0 Å². The lowest BCUT2D eigenvalue weighted by molar-refractivity contribution is -0.387. The van der Waals surface area contributed by atoms with Crippen LogP contribution in [0.4, 0.5) is 15.8 Å². The normalized spacial score (nSPS) is 11.2. The lowest BCUT2D eigenvalue weighted by Crippen LogP contribution is -2.19. The molecule has 0 aliphatic rings. The van der Waals surface area contributed by atoms with Gasteiger partial charge < -0.3 is 5.32 Å². The van der Waals surface area contributed by atoms with Crippen LogP contribution in [0.2, 0.25) is 0 Å². The van der Waals surface area contributed by atoms with E-state index in [1.54, 1.807) is 0 Å². The largest absolute Gasteiger partial charge is 0.384 e. The van der Waals surface area contributed by atoms with Gasteiger partial charge in [0.2, 0.25) is 5.82 Å². The van der Waals surface area contributed by atoms with Crippen LogP contribution >= 0.6 is 0 Å². The fourth-order valence-corrected chi connectivity index (χ4v) is 1.13. The predicted molar refractivity (Wildman–Crippen MR) is 61.0 cm³/mol. The Morgan fingerprint density at radius 1 is 1.44 bits per heavy atom. The van der Waals surface area contributed by atoms with E-state index in [-0.39, 0.29) is 5.41 Å². The van der Waals surface area contributed by atoms with Gasteiger partial charge in [-0.1, -0.05) is 20.8 Å². The van der Waals surface area contributed by atoms with E-state index < -0.39 is 16.4 Å². The number of nitro groups is 1. The summed E-state index contributed by atoms with van der Waals surface area (Å²) in [5.41, 5.74) is 0.116. The molecule has 0 saturated heterocycles. The highest BCUT2D eigenvalue weighted by molar-refractivity contribution is 5.51. The smallest absolute Gasteiger partial charge is 0.306 e. The van der Waals surface area contributed by atoms with Crippen molar-refractivity contribution in [3.8, 4) is 0 Å². The SMILES string of the molecule is CC(C)(C)CNc1ccc(F)c([N+](=O)[O-])c1. The highest BCUT2D eigenvalue weighted by Gasteiger charge is 2.15. The Kier molecular flexibility index (Phi) is 3.47. The fourth-order valence-electron chi connectivity index (χ4n) is 1.13. The first kappa shape index (κ1) is 12.4. The fraction of sp³-hybridized carbons (Fsp3) is 0.455. The average Bonchev–Trinajstić information content (AvgIpc) is 2.14. The zero-order chi connectivity index (χ0) is 12.3. The van der Waals surface area contributed by atoms with E-state index in [1.807, 2.05) is 20.8 Å². The molecule has 88 valence electrons. The molecule has 0 fully saturated rings. The van der Waals surface area contributed by atoms with Crippen LogP contribution in [0.15, 0.2) is 18.2 Å². The molecular formula is C11H15FN2O2. The van der Waals surface area contributed by atoms with Gasteiger partial charge in [0.1, 0.15) is 0 Å². The van der Waals surface area contributed by atoms with E-state index >= 15 is 0 Å². The molecule has 1 aromatic rings. The van der Waals surface area contributed by atoms with E-state index in [0.717, 1.165) is 6.07 Å². The van der Waals surface area contributed by atoms with Crippen LogP contribution in [0.5, 0.6) is 0 Å². The summed E-state index contributed by atoms with van der Waals surface area (Å²) in [5.74, 6) is -0.814. The zero-order valence-corrected chi connectivity index (χ0v) is 9.58. The van der Waals surface area contributed by atoms with Crippen molar-refractivity contribution in [1.29, 1.82) is 0 Å². The molecule has 0 spiro atoms. The molecule has 0 aromatic heterocycles. The number of nitrogens with zero attached hydrogens (tertiary/aromatic N) is 1. The third kappa shape index (κ3) is 3.49. The van der Waals surface area contributed by atoms with Crippen molar-refractivity contribution in [2.75, 3.05) is 11.9 Å². The van der Waals surface area contributed by atoms with E-state index in [2.05, 4.69) is 5.32 Å². The standard InChI is InChI=1S/C11H15FN2O2/c1-11(2,3)7-13-8-4-5-9(12)10(6-8)14(15)16/h4-6,13H,7H2,1-3H3. The van der Waals surface area contributed by atoms with Gasteiger partial charge in [0.25, 0.3) is 0 Å². The van der Waals surface area contributed by atoms with Crippen molar-refractivity contribution in [1.82, 2.24) is 0 Å². The van der Waals surface area contributed by atoms with Crippen molar-refractivity contribution in [2.45, 2.75) is 20.8 Å². The monoisotopic (exact) mass is 226 g/mol. The van der Waals surface area contributed by atoms with Crippen molar-refractivity contribution in [2.24, 2.45) is 5.41 Å². The van der Waals surface area contributed by atoms with Gasteiger partial charge in [0.15, 0.2) is 0 Å². The van der Waals surface area contributed by atoms with Gasteiger partial charge in [-0.3, -0.25) is 10.1 Å². The summed E-state index contributed by atoms with van der Waals surface area (Å²) < 4.78 is 13.0. The molecule has 0 unspecified atom stereocenters. The summed E-state index contributed by atoms with van der Waals surface area (Å²) in [4.78, 5) is 9.79. The molecule has 0 bridgehead atoms. The number of nitrogens with one attached hydrogen (secondary N) is 1. The molecule has 0 heterocycles. The van der Waals surface area contributed by atoms with Crippen LogP contribution in [0, 0.1) is 21.3 Å². The Hall–Kier alpha value is -1.65. The predicted octanol–water partition coefficient (Wildman–Crippen LogP) is 3.19. The minimum Gasteiger partial charge on any atom is -0.384 e. The lowest BCUT2D eigenvalue weighted by atomic mass is 9.97. The third-order valence-electron chi connectivity index (χ3n) is 1.97. The van der Waals surface area contributed by atoms with Gasteiger partial charge in [-0.05, 0) is 17.5 Å². The third-order valence-corrected chi connectivity index (χ3v) is 1.97. The van der Waals surface area contributed by atoms with Gasteiger partial charge in [-0.25, -0.2) is 0 Å². The van der Waals surface area contributed by atoms with Gasteiger partial charge in [0.05, 0.1) is 4.92 Å². The van der Waals surface area contributed by atoms with Crippen LogP contribution in [0.25, 0.3) is 0 Å². The lowest BCUT2D eigenvalue weighted by Gasteiger charge is -2.19. The van der Waals surface area contributed by atoms with Crippen molar-refractivity contribution in [3.63, 3.8) is 0 Å². The molecule has 1 rings (SSSR count). The maximum Gasteiger partial charge on any atom is 0.306 e. The summed E-state index contributed by atoms with van der Waals surface area (Å²) in [6, 6.07) is 3.80. The van der Waals surface area contributed by atoms with Gasteiger partial charge in [-0.2, -0.15) is 4.39 Å². The maximum atomic E-state index is 13.0. The first-order valence-corrected chi connectivity index (χ1v) is 4.97. The second kappa shape index (κ2) is 4.47. The minimum absolute atomic E-state index is 0.0587. The number of nitro benzene ring substituents is 1. The van der Waals surface area contributed by atoms with Crippen molar-refractivity contribution >= 4 is 11.4 Å². The van der Waals surface area contributed by atoms with Crippen LogP contribution in [-0.4, -0.2) is 11.5 Å². The molecule has 0 saturated carbocycles. The van der Waals surface area contributed by atoms with E-state index in [4.69, 9.17) is 0 Å². The maximum absolute atomic E-state index is 13.0. The number of rotatable bonds is 3. The number of hydrogen-bond donors (Lipinski definition) is 1. The Bertz CT molecular complexity index is 399. The molecule has 0 radical (unpaired) electrons. The summed E-state index contributed by atoms with van der Waals surface area (Å²) in [7, 11) is 0. The summed E-state index contributed by atoms with van der Waals surface area (Å²) >= 11 is 0. The molecule has 4 nitrogen and oxygen atoms in total. The molecule has 0 aliphatic carbocycles. The number of halogens is 1. The molecule has 0 aliphatic heterocycles. The minimum atomic E-state index is -0.814. The molecule has 0 amide bonds. The second-order valence-electron chi connectivity index (χ2n) is 4.84. The van der Waals surface area contributed by atoms with Gasteiger partial charge in [0, 0.05) is 18.3 Å². The first-order chi connectivity index (χ1) is 7.29.